The number of pyridine rings is 1. The average molecular weight is 245 g/mol. The molecule has 3 heteroatoms. The minimum Gasteiger partial charge on any atom is -0.461 e. The molecule has 0 aliphatic carbocycles. The fraction of sp³-hybridized carbons (Fsp3) is 0.333. The highest BCUT2D eigenvalue weighted by Crippen LogP contribution is 2.26. The zero-order valence-corrected chi connectivity index (χ0v) is 10.9. The minimum absolute atomic E-state index is 0.0876. The molecule has 0 spiro atoms. The van der Waals surface area contributed by atoms with Gasteiger partial charge in [-0.3, -0.25) is 9.78 Å². The predicted octanol–water partition coefficient (Wildman–Crippen LogP) is 3.02. The summed E-state index contributed by atoms with van der Waals surface area (Å²) >= 11 is 0. The fourth-order valence-electron chi connectivity index (χ4n) is 1.72. The lowest BCUT2D eigenvalue weighted by Crippen LogP contribution is -2.21. The van der Waals surface area contributed by atoms with Gasteiger partial charge in [0.05, 0.1) is 5.92 Å². The van der Waals surface area contributed by atoms with Crippen molar-refractivity contribution in [3.63, 3.8) is 0 Å². The highest BCUT2D eigenvalue weighted by atomic mass is 16.5. The van der Waals surface area contributed by atoms with Crippen molar-refractivity contribution in [3.05, 3.63) is 54.9 Å². The van der Waals surface area contributed by atoms with Crippen molar-refractivity contribution in [1.29, 1.82) is 0 Å². The number of rotatable bonds is 6. The Bertz CT molecular complexity index is 423. The summed E-state index contributed by atoms with van der Waals surface area (Å²) in [5.41, 5.74) is 1.92. The maximum Gasteiger partial charge on any atom is 0.309 e. The van der Waals surface area contributed by atoms with Crippen molar-refractivity contribution in [1.82, 2.24) is 4.98 Å². The Morgan fingerprint density at radius 3 is 2.72 bits per heavy atom. The van der Waals surface area contributed by atoms with E-state index in [4.69, 9.17) is 4.74 Å². The number of aryl methyl sites for hydroxylation is 1. The van der Waals surface area contributed by atoms with E-state index in [1.54, 1.807) is 18.3 Å². The topological polar surface area (TPSA) is 39.2 Å². The largest absolute Gasteiger partial charge is 0.461 e. The molecule has 0 saturated carbocycles. The summed E-state index contributed by atoms with van der Waals surface area (Å²) in [5.74, 6) is -0.622. The van der Waals surface area contributed by atoms with Gasteiger partial charge in [-0.2, -0.15) is 0 Å². The van der Waals surface area contributed by atoms with Crippen molar-refractivity contribution in [2.24, 2.45) is 5.92 Å². The minimum atomic E-state index is -0.285. The molecule has 1 rings (SSSR count). The second-order valence-electron chi connectivity index (χ2n) is 4.20. The molecule has 0 aromatic carbocycles. The van der Waals surface area contributed by atoms with Gasteiger partial charge in [-0.05, 0) is 18.6 Å². The second-order valence-corrected chi connectivity index (χ2v) is 4.20. The van der Waals surface area contributed by atoms with E-state index in [0.29, 0.717) is 0 Å². The third kappa shape index (κ3) is 3.55. The molecule has 18 heavy (non-hydrogen) atoms. The van der Waals surface area contributed by atoms with E-state index in [0.717, 1.165) is 11.3 Å². The quantitative estimate of drug-likeness (QED) is 0.571. The molecule has 2 atom stereocenters. The summed E-state index contributed by atoms with van der Waals surface area (Å²) < 4.78 is 5.06. The monoisotopic (exact) mass is 245 g/mol. The highest BCUT2D eigenvalue weighted by Gasteiger charge is 2.24. The molecule has 0 fully saturated rings. The molecule has 3 nitrogen and oxygen atoms in total. The number of allylic oxidation sites excluding steroid dienone is 1. The summed E-state index contributed by atoms with van der Waals surface area (Å²) in [6.07, 6.45) is 5.09. The Morgan fingerprint density at radius 1 is 1.50 bits per heavy atom. The van der Waals surface area contributed by atoms with E-state index in [9.17, 15) is 4.79 Å². The molecule has 1 aromatic rings. The summed E-state index contributed by atoms with van der Waals surface area (Å²) in [6, 6.07) is 3.89. The van der Waals surface area contributed by atoms with Crippen molar-refractivity contribution in [3.8, 4) is 0 Å². The molecule has 0 saturated heterocycles. The summed E-state index contributed by atoms with van der Waals surface area (Å²) in [7, 11) is 0. The highest BCUT2D eigenvalue weighted by molar-refractivity contribution is 5.73. The zero-order chi connectivity index (χ0) is 13.5. The smallest absolute Gasteiger partial charge is 0.309 e. The molecule has 0 bridgehead atoms. The van der Waals surface area contributed by atoms with Crippen LogP contribution in [-0.2, 0) is 9.53 Å². The van der Waals surface area contributed by atoms with Gasteiger partial charge in [0.1, 0.15) is 6.61 Å². The number of carbonyl (C=O) groups is 1. The van der Waals surface area contributed by atoms with Gasteiger partial charge in [0, 0.05) is 17.8 Å². The van der Waals surface area contributed by atoms with Gasteiger partial charge >= 0.3 is 5.97 Å². The van der Waals surface area contributed by atoms with E-state index < -0.39 is 0 Å². The van der Waals surface area contributed by atoms with Crippen LogP contribution in [0, 0.1) is 12.8 Å². The van der Waals surface area contributed by atoms with Crippen LogP contribution in [0.5, 0.6) is 0 Å². The molecule has 1 heterocycles. The van der Waals surface area contributed by atoms with Crippen LogP contribution in [0.2, 0.25) is 0 Å². The van der Waals surface area contributed by atoms with Crippen LogP contribution < -0.4 is 0 Å². The van der Waals surface area contributed by atoms with Crippen LogP contribution in [0.3, 0.4) is 0 Å². The molecular weight excluding hydrogens is 226 g/mol. The molecule has 1 aromatic heterocycles. The Balaban J connectivity index is 2.82. The Labute approximate surface area is 108 Å². The lowest BCUT2D eigenvalue weighted by Gasteiger charge is -2.19. The van der Waals surface area contributed by atoms with Gasteiger partial charge in [-0.25, -0.2) is 0 Å². The molecule has 0 aliphatic rings. The standard InChI is InChI=1S/C15H19NO2/c1-5-9-18-15(17)12(4)14(6-2)13-8-7-11(3)16-10-13/h5-8,10,12,14H,1-2,9H2,3-4H3. The lowest BCUT2D eigenvalue weighted by molar-refractivity contribution is -0.147. The van der Waals surface area contributed by atoms with Gasteiger partial charge in [-0.15, -0.1) is 6.58 Å². The van der Waals surface area contributed by atoms with E-state index in [-0.39, 0.29) is 24.4 Å². The van der Waals surface area contributed by atoms with Crippen LogP contribution >= 0.6 is 0 Å². The first-order valence-corrected chi connectivity index (χ1v) is 5.92. The Hall–Kier alpha value is -1.90. The Morgan fingerprint density at radius 2 is 2.22 bits per heavy atom. The maximum absolute atomic E-state index is 11.8. The van der Waals surface area contributed by atoms with Crippen molar-refractivity contribution >= 4 is 5.97 Å². The van der Waals surface area contributed by atoms with Gasteiger partial charge in [0.15, 0.2) is 0 Å². The first kappa shape index (κ1) is 14.2. The van der Waals surface area contributed by atoms with Crippen LogP contribution in [0.4, 0.5) is 0 Å². The maximum atomic E-state index is 11.8. The summed E-state index contributed by atoms with van der Waals surface area (Å²) in [5, 5.41) is 0. The number of hydrogen-bond donors (Lipinski definition) is 0. The van der Waals surface area contributed by atoms with Crippen LogP contribution in [0.15, 0.2) is 43.6 Å². The predicted molar refractivity (Wildman–Crippen MR) is 72.2 cm³/mol. The molecule has 0 N–H and O–H groups in total. The molecule has 0 amide bonds. The molecule has 2 unspecified atom stereocenters. The van der Waals surface area contributed by atoms with Crippen LogP contribution in [-0.4, -0.2) is 17.6 Å². The van der Waals surface area contributed by atoms with Crippen LogP contribution in [0.1, 0.15) is 24.1 Å². The molecular formula is C15H19NO2. The van der Waals surface area contributed by atoms with E-state index in [1.807, 2.05) is 26.0 Å². The van der Waals surface area contributed by atoms with Gasteiger partial charge in [-0.1, -0.05) is 31.7 Å². The third-order valence-electron chi connectivity index (χ3n) is 2.83. The normalized spacial score (nSPS) is 13.4. The number of esters is 1. The number of ether oxygens (including phenoxy) is 1. The average Bonchev–Trinajstić information content (AvgIpc) is 2.38. The number of aromatic nitrogens is 1. The first-order valence-electron chi connectivity index (χ1n) is 5.92. The Kier molecular flexibility index (Phi) is 5.31. The van der Waals surface area contributed by atoms with Crippen LogP contribution in [0.25, 0.3) is 0 Å². The van der Waals surface area contributed by atoms with Gasteiger partial charge in [0.25, 0.3) is 0 Å². The molecule has 0 aliphatic heterocycles. The van der Waals surface area contributed by atoms with Gasteiger partial charge < -0.3 is 4.74 Å². The number of nitrogens with zero attached hydrogens (tertiary/aromatic N) is 1. The second kappa shape index (κ2) is 6.74. The SMILES string of the molecule is C=CCOC(=O)C(C)C(C=C)c1ccc(C)nc1. The zero-order valence-electron chi connectivity index (χ0n) is 10.9. The van der Waals surface area contributed by atoms with E-state index >= 15 is 0 Å². The van der Waals surface area contributed by atoms with Crippen molar-refractivity contribution in [2.45, 2.75) is 19.8 Å². The number of carbonyl (C=O) groups excluding carboxylic acids is 1. The first-order chi connectivity index (χ1) is 8.60. The van der Waals surface area contributed by atoms with Gasteiger partial charge in [0.2, 0.25) is 0 Å². The summed E-state index contributed by atoms with van der Waals surface area (Å²) in [4.78, 5) is 16.0. The summed E-state index contributed by atoms with van der Waals surface area (Å²) in [6.45, 7) is 11.3. The molecule has 0 radical (unpaired) electrons. The molecule has 96 valence electrons. The fourth-order valence-corrected chi connectivity index (χ4v) is 1.72. The van der Waals surface area contributed by atoms with E-state index in [1.165, 1.54) is 0 Å². The van der Waals surface area contributed by atoms with Crippen molar-refractivity contribution in [2.75, 3.05) is 6.61 Å². The van der Waals surface area contributed by atoms with Crippen molar-refractivity contribution < 1.29 is 9.53 Å². The lowest BCUT2D eigenvalue weighted by atomic mass is 9.88. The number of hydrogen-bond acceptors (Lipinski definition) is 3. The van der Waals surface area contributed by atoms with E-state index in [2.05, 4.69) is 18.1 Å². The third-order valence-corrected chi connectivity index (χ3v) is 2.83.